The Morgan fingerprint density at radius 3 is 2.94 bits per heavy atom. The predicted octanol–water partition coefficient (Wildman–Crippen LogP) is 1.30. The van der Waals surface area contributed by atoms with Crippen molar-refractivity contribution < 1.29 is 14.3 Å². The average molecular weight is 237 g/mol. The molecule has 0 radical (unpaired) electrons. The summed E-state index contributed by atoms with van der Waals surface area (Å²) in [4.78, 5) is 26.0. The molecular formula is C13H19NO3. The van der Waals surface area contributed by atoms with Crippen molar-refractivity contribution in [3.05, 3.63) is 12.2 Å². The second kappa shape index (κ2) is 5.00. The Balaban J connectivity index is 2.35. The molecule has 0 saturated carbocycles. The molecule has 0 spiro atoms. The summed E-state index contributed by atoms with van der Waals surface area (Å²) >= 11 is 0. The van der Waals surface area contributed by atoms with Crippen molar-refractivity contribution in [1.82, 2.24) is 4.90 Å². The number of cyclic esters (lactones) is 1. The fraction of sp³-hybridized carbons (Fsp3) is 0.692. The second-order valence-corrected chi connectivity index (χ2v) is 4.71. The van der Waals surface area contributed by atoms with Gasteiger partial charge in [0, 0.05) is 13.0 Å². The minimum absolute atomic E-state index is 0.103. The van der Waals surface area contributed by atoms with Crippen molar-refractivity contribution in [2.45, 2.75) is 38.1 Å². The Morgan fingerprint density at radius 1 is 1.35 bits per heavy atom. The van der Waals surface area contributed by atoms with E-state index in [-0.39, 0.29) is 11.8 Å². The van der Waals surface area contributed by atoms with Gasteiger partial charge >= 0.3 is 5.97 Å². The van der Waals surface area contributed by atoms with Gasteiger partial charge in [-0.1, -0.05) is 12.2 Å². The summed E-state index contributed by atoms with van der Waals surface area (Å²) in [7, 11) is 0. The summed E-state index contributed by atoms with van der Waals surface area (Å²) in [6.45, 7) is 3.36. The molecule has 4 nitrogen and oxygen atoms in total. The van der Waals surface area contributed by atoms with Gasteiger partial charge in [0.1, 0.15) is 6.61 Å². The van der Waals surface area contributed by atoms with Crippen LogP contribution in [-0.4, -0.2) is 41.9 Å². The van der Waals surface area contributed by atoms with Crippen molar-refractivity contribution in [2.75, 3.05) is 19.7 Å². The lowest BCUT2D eigenvalue weighted by Gasteiger charge is -2.42. The molecule has 0 N–H and O–H groups in total. The first-order chi connectivity index (χ1) is 8.18. The molecule has 2 rings (SSSR count). The topological polar surface area (TPSA) is 46.6 Å². The van der Waals surface area contributed by atoms with Crippen LogP contribution in [0.1, 0.15) is 32.6 Å². The predicted molar refractivity (Wildman–Crippen MR) is 63.6 cm³/mol. The van der Waals surface area contributed by atoms with Crippen LogP contribution in [0.15, 0.2) is 12.2 Å². The SMILES string of the molecule is CC(=O)C12C/C=C/CCCCN1CCOC2=O. The second-order valence-electron chi connectivity index (χ2n) is 4.71. The molecule has 1 fully saturated rings. The van der Waals surface area contributed by atoms with Crippen LogP contribution in [0.25, 0.3) is 0 Å². The van der Waals surface area contributed by atoms with E-state index < -0.39 is 5.54 Å². The minimum Gasteiger partial charge on any atom is -0.463 e. The quantitative estimate of drug-likeness (QED) is 0.392. The molecule has 0 aliphatic carbocycles. The summed E-state index contributed by atoms with van der Waals surface area (Å²) in [6.07, 6.45) is 7.61. The van der Waals surface area contributed by atoms with Crippen molar-refractivity contribution >= 4 is 11.8 Å². The summed E-state index contributed by atoms with van der Waals surface area (Å²) in [6, 6.07) is 0. The molecule has 2 aliphatic heterocycles. The number of rotatable bonds is 1. The molecule has 4 heteroatoms. The van der Waals surface area contributed by atoms with E-state index >= 15 is 0 Å². The summed E-state index contributed by atoms with van der Waals surface area (Å²) in [5, 5.41) is 0. The van der Waals surface area contributed by atoms with Crippen LogP contribution in [0.3, 0.4) is 0 Å². The molecule has 0 aromatic heterocycles. The molecule has 2 heterocycles. The zero-order chi connectivity index (χ0) is 12.3. The number of esters is 1. The first kappa shape index (κ1) is 12.3. The van der Waals surface area contributed by atoms with E-state index in [9.17, 15) is 9.59 Å². The van der Waals surface area contributed by atoms with E-state index in [1.807, 2.05) is 11.0 Å². The number of nitrogens with zero attached hydrogens (tertiary/aromatic N) is 1. The maximum absolute atomic E-state index is 12.1. The van der Waals surface area contributed by atoms with Gasteiger partial charge in [-0.15, -0.1) is 0 Å². The number of Topliss-reactive ketones (excluding diaryl/α,β-unsaturated/α-hetero) is 1. The van der Waals surface area contributed by atoms with Crippen LogP contribution in [0.2, 0.25) is 0 Å². The number of morpholine rings is 1. The van der Waals surface area contributed by atoms with Crippen LogP contribution < -0.4 is 0 Å². The molecule has 1 atom stereocenters. The fourth-order valence-electron chi connectivity index (χ4n) is 2.65. The monoisotopic (exact) mass is 237 g/mol. The van der Waals surface area contributed by atoms with Gasteiger partial charge in [0.2, 0.25) is 0 Å². The number of hydrogen-bond donors (Lipinski definition) is 0. The van der Waals surface area contributed by atoms with E-state index in [2.05, 4.69) is 6.08 Å². The number of ketones is 1. The van der Waals surface area contributed by atoms with Crippen LogP contribution in [-0.2, 0) is 14.3 Å². The number of allylic oxidation sites excluding steroid dienone is 1. The lowest BCUT2D eigenvalue weighted by atomic mass is 9.87. The zero-order valence-corrected chi connectivity index (χ0v) is 10.3. The van der Waals surface area contributed by atoms with Crippen molar-refractivity contribution in [1.29, 1.82) is 0 Å². The average Bonchev–Trinajstić information content (AvgIpc) is 2.40. The molecular weight excluding hydrogens is 218 g/mol. The van der Waals surface area contributed by atoms with Crippen LogP contribution in [0, 0.1) is 0 Å². The standard InChI is InChI=1S/C13H19NO3/c1-11(15)13-7-5-3-2-4-6-8-14(13)9-10-17-12(13)16/h3,5H,2,4,6-10H2,1H3/b5-3+. The van der Waals surface area contributed by atoms with Gasteiger partial charge in [0.25, 0.3) is 0 Å². The third kappa shape index (κ3) is 2.14. The summed E-state index contributed by atoms with van der Waals surface area (Å²) in [5.74, 6) is -0.475. The zero-order valence-electron chi connectivity index (χ0n) is 10.3. The highest BCUT2D eigenvalue weighted by molar-refractivity contribution is 6.08. The van der Waals surface area contributed by atoms with E-state index in [4.69, 9.17) is 4.74 Å². The van der Waals surface area contributed by atoms with Gasteiger partial charge in [0.05, 0.1) is 0 Å². The molecule has 0 amide bonds. The molecule has 94 valence electrons. The number of hydrogen-bond acceptors (Lipinski definition) is 4. The first-order valence-electron chi connectivity index (χ1n) is 6.26. The van der Waals surface area contributed by atoms with Gasteiger partial charge in [-0.3, -0.25) is 9.69 Å². The maximum atomic E-state index is 12.1. The largest absolute Gasteiger partial charge is 0.463 e. The molecule has 0 bridgehead atoms. The van der Waals surface area contributed by atoms with Gasteiger partial charge in [0.15, 0.2) is 11.3 Å². The number of carbonyl (C=O) groups is 2. The van der Waals surface area contributed by atoms with Crippen LogP contribution in [0.4, 0.5) is 0 Å². The van der Waals surface area contributed by atoms with Gasteiger partial charge < -0.3 is 4.74 Å². The Kier molecular flexibility index (Phi) is 3.62. The molecule has 0 aromatic carbocycles. The van der Waals surface area contributed by atoms with Crippen LogP contribution in [0.5, 0.6) is 0 Å². The first-order valence-corrected chi connectivity index (χ1v) is 6.26. The smallest absolute Gasteiger partial charge is 0.334 e. The highest BCUT2D eigenvalue weighted by Gasteiger charge is 2.51. The highest BCUT2D eigenvalue weighted by Crippen LogP contribution is 2.28. The van der Waals surface area contributed by atoms with Crippen molar-refractivity contribution in [3.8, 4) is 0 Å². The van der Waals surface area contributed by atoms with Crippen LogP contribution >= 0.6 is 0 Å². The van der Waals surface area contributed by atoms with Crippen molar-refractivity contribution in [3.63, 3.8) is 0 Å². The fourth-order valence-corrected chi connectivity index (χ4v) is 2.65. The molecule has 1 saturated heterocycles. The molecule has 1 unspecified atom stereocenters. The highest BCUT2D eigenvalue weighted by atomic mass is 16.5. The Labute approximate surface area is 102 Å². The Bertz CT molecular complexity index is 351. The Morgan fingerprint density at radius 2 is 2.18 bits per heavy atom. The van der Waals surface area contributed by atoms with E-state index in [0.29, 0.717) is 19.6 Å². The molecule has 17 heavy (non-hydrogen) atoms. The van der Waals surface area contributed by atoms with Gasteiger partial charge in [-0.2, -0.15) is 0 Å². The maximum Gasteiger partial charge on any atom is 0.334 e. The molecule has 2 aliphatic rings. The molecule has 0 aromatic rings. The lowest BCUT2D eigenvalue weighted by molar-refractivity contribution is -0.172. The minimum atomic E-state index is -1.06. The van der Waals surface area contributed by atoms with E-state index in [1.54, 1.807) is 0 Å². The van der Waals surface area contributed by atoms with Gasteiger partial charge in [-0.05, 0) is 32.7 Å². The number of ether oxygens (including phenoxy) is 1. The number of carbonyl (C=O) groups excluding carboxylic acids is 2. The number of fused-ring (bicyclic) bond motifs is 1. The normalized spacial score (nSPS) is 32.6. The Hall–Kier alpha value is -1.16. The summed E-state index contributed by atoms with van der Waals surface area (Å²) in [5.41, 5.74) is -1.06. The van der Waals surface area contributed by atoms with Gasteiger partial charge in [-0.25, -0.2) is 4.79 Å². The summed E-state index contributed by atoms with van der Waals surface area (Å²) < 4.78 is 5.11. The third-order valence-electron chi connectivity index (χ3n) is 3.68. The van der Waals surface area contributed by atoms with E-state index in [1.165, 1.54) is 6.92 Å². The third-order valence-corrected chi connectivity index (χ3v) is 3.68. The van der Waals surface area contributed by atoms with E-state index in [0.717, 1.165) is 25.8 Å². The lowest BCUT2D eigenvalue weighted by Crippen LogP contribution is -2.63. The van der Waals surface area contributed by atoms with Crippen molar-refractivity contribution in [2.24, 2.45) is 0 Å².